The lowest BCUT2D eigenvalue weighted by Crippen LogP contribution is -2.70. The van der Waals surface area contributed by atoms with Crippen molar-refractivity contribution < 1.29 is 14.4 Å². The van der Waals surface area contributed by atoms with E-state index >= 15 is 0 Å². The molecule has 0 bridgehead atoms. The molecule has 4 rings (SSSR count). The standard InChI is InChI=1S/C19H20N4O3S/c1-11(2)22-16(25)13-6-4-5-7-14(13)23-15(24)8-9-19(22,23)17(26)21-18-20-10-12(3)27-18/h4-7,10-11H,8-9H2,1-3H3,(H,20,21,26)/t19-/m0/s1. The van der Waals surface area contributed by atoms with Crippen molar-refractivity contribution in [2.24, 2.45) is 0 Å². The number of hydrogen-bond acceptors (Lipinski definition) is 5. The topological polar surface area (TPSA) is 82.6 Å². The van der Waals surface area contributed by atoms with Gasteiger partial charge in [0.2, 0.25) is 11.6 Å². The van der Waals surface area contributed by atoms with Gasteiger partial charge in [-0.1, -0.05) is 12.1 Å². The molecule has 3 amide bonds. The maximum atomic E-state index is 13.5. The van der Waals surface area contributed by atoms with E-state index < -0.39 is 11.6 Å². The Morgan fingerprint density at radius 3 is 2.70 bits per heavy atom. The van der Waals surface area contributed by atoms with Crippen molar-refractivity contribution in [2.75, 3.05) is 10.2 Å². The zero-order valence-corrected chi connectivity index (χ0v) is 16.2. The molecular weight excluding hydrogens is 364 g/mol. The van der Waals surface area contributed by atoms with Crippen LogP contribution in [-0.4, -0.2) is 39.3 Å². The smallest absolute Gasteiger partial charge is 0.273 e. The van der Waals surface area contributed by atoms with Crippen LogP contribution in [0.15, 0.2) is 30.5 Å². The van der Waals surface area contributed by atoms with E-state index in [2.05, 4.69) is 10.3 Å². The molecule has 1 atom stereocenters. The molecule has 7 nitrogen and oxygen atoms in total. The Labute approximate surface area is 161 Å². The SMILES string of the molecule is Cc1cnc(NC(=O)[C@]23CCC(=O)N2c2ccccc2C(=O)N3C(C)C)s1. The van der Waals surface area contributed by atoms with Gasteiger partial charge in [0.05, 0.1) is 11.3 Å². The van der Waals surface area contributed by atoms with Crippen molar-refractivity contribution in [1.82, 2.24) is 9.88 Å². The highest BCUT2D eigenvalue weighted by Crippen LogP contribution is 2.45. The number of nitrogens with one attached hydrogen (secondary N) is 1. The summed E-state index contributed by atoms with van der Waals surface area (Å²) in [5.74, 6) is -0.803. The van der Waals surface area contributed by atoms with Crippen LogP contribution < -0.4 is 10.2 Å². The van der Waals surface area contributed by atoms with Crippen molar-refractivity contribution >= 4 is 39.9 Å². The monoisotopic (exact) mass is 384 g/mol. The van der Waals surface area contributed by atoms with E-state index in [0.29, 0.717) is 16.4 Å². The minimum atomic E-state index is -1.38. The summed E-state index contributed by atoms with van der Waals surface area (Å²) in [4.78, 5) is 47.7. The number of carbonyl (C=O) groups excluding carboxylic acids is 3. The van der Waals surface area contributed by atoms with E-state index in [1.165, 1.54) is 21.1 Å². The number of amides is 3. The number of anilines is 2. The number of fused-ring (bicyclic) bond motifs is 3. The van der Waals surface area contributed by atoms with E-state index in [9.17, 15) is 14.4 Å². The number of thiazole rings is 1. The first-order chi connectivity index (χ1) is 12.9. The van der Waals surface area contributed by atoms with Gasteiger partial charge in [0, 0.05) is 30.0 Å². The predicted molar refractivity (Wildman–Crippen MR) is 103 cm³/mol. The number of aromatic nitrogens is 1. The Kier molecular flexibility index (Phi) is 4.03. The van der Waals surface area contributed by atoms with Crippen LogP contribution in [0.5, 0.6) is 0 Å². The van der Waals surface area contributed by atoms with E-state index in [1.54, 1.807) is 30.5 Å². The van der Waals surface area contributed by atoms with E-state index in [1.807, 2.05) is 20.8 Å². The first-order valence-electron chi connectivity index (χ1n) is 8.86. The third-order valence-corrected chi connectivity index (χ3v) is 5.85. The molecule has 2 aliphatic rings. The summed E-state index contributed by atoms with van der Waals surface area (Å²) in [7, 11) is 0. The van der Waals surface area contributed by atoms with Crippen LogP contribution in [0.25, 0.3) is 0 Å². The summed E-state index contributed by atoms with van der Waals surface area (Å²) >= 11 is 1.36. The van der Waals surface area contributed by atoms with Gasteiger partial charge in [-0.25, -0.2) is 4.98 Å². The first-order valence-corrected chi connectivity index (χ1v) is 9.67. The van der Waals surface area contributed by atoms with Crippen molar-refractivity contribution in [2.45, 2.75) is 45.3 Å². The van der Waals surface area contributed by atoms with Crippen molar-refractivity contribution in [3.8, 4) is 0 Å². The minimum Gasteiger partial charge on any atom is -0.304 e. The van der Waals surface area contributed by atoms with Crippen molar-refractivity contribution in [1.29, 1.82) is 0 Å². The molecule has 1 aromatic heterocycles. The quantitative estimate of drug-likeness (QED) is 0.882. The Morgan fingerprint density at radius 2 is 2.04 bits per heavy atom. The Balaban J connectivity index is 1.88. The number of carbonyl (C=O) groups is 3. The van der Waals surface area contributed by atoms with Gasteiger partial charge in [-0.05, 0) is 32.9 Å². The average molecular weight is 384 g/mol. The van der Waals surface area contributed by atoms with Crippen molar-refractivity contribution in [3.05, 3.63) is 40.9 Å². The third kappa shape index (κ3) is 2.47. The van der Waals surface area contributed by atoms with Crippen LogP contribution in [0.4, 0.5) is 10.8 Å². The van der Waals surface area contributed by atoms with Gasteiger partial charge in [-0.15, -0.1) is 11.3 Å². The summed E-state index contributed by atoms with van der Waals surface area (Å²) in [5.41, 5.74) is -0.446. The van der Waals surface area contributed by atoms with Crippen LogP contribution in [0, 0.1) is 6.92 Å². The maximum absolute atomic E-state index is 13.5. The molecule has 140 valence electrons. The number of benzene rings is 1. The predicted octanol–water partition coefficient (Wildman–Crippen LogP) is 2.78. The average Bonchev–Trinajstić information content (AvgIpc) is 3.19. The van der Waals surface area contributed by atoms with E-state index in [-0.39, 0.29) is 30.7 Å². The molecule has 3 heterocycles. The fraction of sp³-hybridized carbons (Fsp3) is 0.368. The molecule has 0 unspecified atom stereocenters. The second-order valence-corrected chi connectivity index (χ2v) is 8.30. The normalized spacial score (nSPS) is 21.5. The molecule has 2 aliphatic heterocycles. The molecule has 1 aromatic carbocycles. The van der Waals surface area contributed by atoms with E-state index in [4.69, 9.17) is 0 Å². The zero-order chi connectivity index (χ0) is 19.3. The molecule has 1 fully saturated rings. The highest BCUT2D eigenvalue weighted by atomic mass is 32.1. The molecule has 0 spiro atoms. The molecular formula is C19H20N4O3S. The van der Waals surface area contributed by atoms with Gasteiger partial charge in [0.1, 0.15) is 0 Å². The Bertz CT molecular complexity index is 954. The lowest BCUT2D eigenvalue weighted by atomic mass is 9.94. The Morgan fingerprint density at radius 1 is 1.30 bits per heavy atom. The maximum Gasteiger partial charge on any atom is 0.273 e. The van der Waals surface area contributed by atoms with Crippen LogP contribution in [0.3, 0.4) is 0 Å². The lowest BCUT2D eigenvalue weighted by Gasteiger charge is -2.50. The fourth-order valence-electron chi connectivity index (χ4n) is 4.02. The largest absolute Gasteiger partial charge is 0.304 e. The molecule has 0 saturated carbocycles. The second-order valence-electron chi connectivity index (χ2n) is 7.06. The zero-order valence-electron chi connectivity index (χ0n) is 15.4. The molecule has 1 N–H and O–H groups in total. The van der Waals surface area contributed by atoms with Crippen LogP contribution in [0.1, 0.15) is 41.9 Å². The van der Waals surface area contributed by atoms with Crippen LogP contribution in [-0.2, 0) is 9.59 Å². The highest BCUT2D eigenvalue weighted by molar-refractivity contribution is 7.15. The van der Waals surface area contributed by atoms with Gasteiger partial charge < -0.3 is 4.90 Å². The molecule has 0 aliphatic carbocycles. The number of para-hydroxylation sites is 1. The molecule has 2 aromatic rings. The van der Waals surface area contributed by atoms with Gasteiger partial charge in [0.25, 0.3) is 11.8 Å². The first kappa shape index (κ1) is 17.7. The number of nitrogens with zero attached hydrogens (tertiary/aromatic N) is 3. The lowest BCUT2D eigenvalue weighted by molar-refractivity contribution is -0.129. The summed E-state index contributed by atoms with van der Waals surface area (Å²) < 4.78 is 0. The van der Waals surface area contributed by atoms with Gasteiger partial charge in [-0.3, -0.25) is 24.6 Å². The molecule has 1 saturated heterocycles. The minimum absolute atomic E-state index is 0.161. The van der Waals surface area contributed by atoms with Gasteiger partial charge in [0.15, 0.2) is 5.13 Å². The van der Waals surface area contributed by atoms with Crippen LogP contribution >= 0.6 is 11.3 Å². The molecule has 0 radical (unpaired) electrons. The van der Waals surface area contributed by atoms with Crippen molar-refractivity contribution in [3.63, 3.8) is 0 Å². The molecule has 27 heavy (non-hydrogen) atoms. The third-order valence-electron chi connectivity index (χ3n) is 5.02. The number of hydrogen-bond donors (Lipinski definition) is 1. The molecule has 8 heteroatoms. The Hall–Kier alpha value is -2.74. The summed E-state index contributed by atoms with van der Waals surface area (Å²) in [6, 6.07) is 6.70. The summed E-state index contributed by atoms with van der Waals surface area (Å²) in [6.07, 6.45) is 2.13. The number of rotatable bonds is 3. The fourth-order valence-corrected chi connectivity index (χ4v) is 4.68. The van der Waals surface area contributed by atoms with Gasteiger partial charge >= 0.3 is 0 Å². The summed E-state index contributed by atoms with van der Waals surface area (Å²) in [6.45, 7) is 5.61. The summed E-state index contributed by atoms with van der Waals surface area (Å²) in [5, 5.41) is 3.29. The second kappa shape index (κ2) is 6.16. The van der Waals surface area contributed by atoms with E-state index in [0.717, 1.165) is 4.88 Å². The van der Waals surface area contributed by atoms with Crippen LogP contribution in [0.2, 0.25) is 0 Å². The number of aryl methyl sites for hydroxylation is 1. The highest BCUT2D eigenvalue weighted by Gasteiger charge is 2.61. The van der Waals surface area contributed by atoms with Gasteiger partial charge in [-0.2, -0.15) is 0 Å².